The van der Waals surface area contributed by atoms with Gasteiger partial charge in [-0.15, -0.1) is 0 Å². The smallest absolute Gasteiger partial charge is 0.251 e. The van der Waals surface area contributed by atoms with Gasteiger partial charge >= 0.3 is 0 Å². The Hall–Kier alpha value is -3.02. The maximum atomic E-state index is 12.2. The van der Waals surface area contributed by atoms with Gasteiger partial charge in [-0.1, -0.05) is 13.8 Å². The Bertz CT molecular complexity index is 740. The number of amides is 2. The van der Waals surface area contributed by atoms with Crippen molar-refractivity contribution in [2.75, 3.05) is 26.8 Å². The minimum atomic E-state index is -0.206. The van der Waals surface area contributed by atoms with E-state index in [1.54, 1.807) is 31.4 Å². The molecular formula is C21H26N2O4. The van der Waals surface area contributed by atoms with Gasteiger partial charge in [-0.3, -0.25) is 9.59 Å². The van der Waals surface area contributed by atoms with Crippen LogP contribution in [0.3, 0.4) is 0 Å². The molecule has 0 bridgehead atoms. The monoisotopic (exact) mass is 370 g/mol. The van der Waals surface area contributed by atoms with Gasteiger partial charge in [-0.2, -0.15) is 0 Å². The lowest BCUT2D eigenvalue weighted by molar-refractivity contribution is 0.0936. The molecule has 0 aliphatic carbocycles. The molecule has 144 valence electrons. The summed E-state index contributed by atoms with van der Waals surface area (Å²) < 4.78 is 10.7. The van der Waals surface area contributed by atoms with E-state index in [0.29, 0.717) is 42.5 Å². The Morgan fingerprint density at radius 3 is 1.89 bits per heavy atom. The number of hydrogen-bond donors (Lipinski definition) is 2. The third-order valence-electron chi connectivity index (χ3n) is 3.80. The number of methoxy groups -OCH3 is 1. The van der Waals surface area contributed by atoms with Crippen LogP contribution in [0.25, 0.3) is 0 Å². The molecule has 2 rings (SSSR count). The largest absolute Gasteiger partial charge is 0.497 e. The molecule has 2 aromatic rings. The van der Waals surface area contributed by atoms with E-state index in [1.165, 1.54) is 0 Å². The minimum Gasteiger partial charge on any atom is -0.497 e. The number of benzene rings is 2. The molecule has 2 amide bonds. The first-order valence-electron chi connectivity index (χ1n) is 8.93. The predicted octanol–water partition coefficient (Wildman–Crippen LogP) is 2.89. The summed E-state index contributed by atoms with van der Waals surface area (Å²) in [4.78, 5) is 24.1. The van der Waals surface area contributed by atoms with Crippen molar-refractivity contribution >= 4 is 11.8 Å². The Balaban J connectivity index is 1.75. The summed E-state index contributed by atoms with van der Waals surface area (Å²) >= 11 is 0. The van der Waals surface area contributed by atoms with Gasteiger partial charge in [0.05, 0.1) is 13.7 Å². The van der Waals surface area contributed by atoms with Gasteiger partial charge in [0.2, 0.25) is 0 Å². The molecule has 0 unspecified atom stereocenters. The molecule has 6 heteroatoms. The summed E-state index contributed by atoms with van der Waals surface area (Å²) in [5, 5.41) is 5.64. The first kappa shape index (κ1) is 20.3. The zero-order valence-electron chi connectivity index (χ0n) is 16.0. The maximum Gasteiger partial charge on any atom is 0.251 e. The SMILES string of the molecule is COc1ccc(OCCNC(=O)c2ccc(C(=O)NCC(C)C)cc2)cc1. The molecule has 0 saturated carbocycles. The summed E-state index contributed by atoms with van der Waals surface area (Å²) in [5.74, 6) is 1.52. The molecule has 0 aliphatic heterocycles. The van der Waals surface area contributed by atoms with E-state index in [4.69, 9.17) is 9.47 Å². The number of ether oxygens (including phenoxy) is 2. The van der Waals surface area contributed by atoms with Crippen LogP contribution in [0.4, 0.5) is 0 Å². The van der Waals surface area contributed by atoms with Crippen molar-refractivity contribution < 1.29 is 19.1 Å². The molecule has 0 heterocycles. The number of hydrogen-bond acceptors (Lipinski definition) is 4. The van der Waals surface area contributed by atoms with Crippen molar-refractivity contribution in [3.8, 4) is 11.5 Å². The van der Waals surface area contributed by atoms with Crippen LogP contribution in [-0.4, -0.2) is 38.6 Å². The molecule has 0 aromatic heterocycles. The van der Waals surface area contributed by atoms with Crippen LogP contribution >= 0.6 is 0 Å². The molecule has 6 nitrogen and oxygen atoms in total. The Morgan fingerprint density at radius 2 is 1.37 bits per heavy atom. The number of nitrogens with one attached hydrogen (secondary N) is 2. The minimum absolute atomic E-state index is 0.136. The van der Waals surface area contributed by atoms with Gasteiger partial charge in [0.15, 0.2) is 0 Å². The van der Waals surface area contributed by atoms with Crippen LogP contribution in [0, 0.1) is 5.92 Å². The average Bonchev–Trinajstić information content (AvgIpc) is 2.69. The van der Waals surface area contributed by atoms with Gasteiger partial charge in [0.1, 0.15) is 18.1 Å². The van der Waals surface area contributed by atoms with Crippen LogP contribution < -0.4 is 20.1 Å². The quantitative estimate of drug-likeness (QED) is 0.666. The lowest BCUT2D eigenvalue weighted by atomic mass is 10.1. The molecule has 0 fully saturated rings. The normalized spacial score (nSPS) is 10.4. The number of carbonyl (C=O) groups excluding carboxylic acids is 2. The second kappa shape index (κ2) is 10.2. The third kappa shape index (κ3) is 6.66. The lowest BCUT2D eigenvalue weighted by Crippen LogP contribution is -2.29. The highest BCUT2D eigenvalue weighted by Gasteiger charge is 2.09. The molecule has 27 heavy (non-hydrogen) atoms. The standard InChI is InChI=1S/C21H26N2O4/c1-15(2)14-23-21(25)17-6-4-16(5-7-17)20(24)22-12-13-27-19-10-8-18(26-3)9-11-19/h4-11,15H,12-14H2,1-3H3,(H,22,24)(H,23,25). The fourth-order valence-corrected chi connectivity index (χ4v) is 2.28. The van der Waals surface area contributed by atoms with Crippen molar-refractivity contribution in [1.29, 1.82) is 0 Å². The van der Waals surface area contributed by atoms with Crippen molar-refractivity contribution in [1.82, 2.24) is 10.6 Å². The highest BCUT2D eigenvalue weighted by molar-refractivity contribution is 5.97. The summed E-state index contributed by atoms with van der Waals surface area (Å²) in [5.41, 5.74) is 1.04. The van der Waals surface area contributed by atoms with Crippen molar-refractivity contribution in [3.63, 3.8) is 0 Å². The van der Waals surface area contributed by atoms with E-state index in [-0.39, 0.29) is 11.8 Å². The number of rotatable bonds is 9. The molecule has 2 aromatic carbocycles. The molecule has 0 saturated heterocycles. The van der Waals surface area contributed by atoms with E-state index in [2.05, 4.69) is 10.6 Å². The van der Waals surface area contributed by atoms with Crippen molar-refractivity contribution in [2.45, 2.75) is 13.8 Å². The molecule has 0 atom stereocenters. The van der Waals surface area contributed by atoms with E-state index < -0.39 is 0 Å². The van der Waals surface area contributed by atoms with Crippen LogP contribution in [0.15, 0.2) is 48.5 Å². The second-order valence-corrected chi connectivity index (χ2v) is 6.46. The van der Waals surface area contributed by atoms with Gasteiger partial charge in [-0.05, 0) is 54.4 Å². The Kier molecular flexibility index (Phi) is 7.67. The Labute approximate surface area is 159 Å². The van der Waals surface area contributed by atoms with Gasteiger partial charge in [0, 0.05) is 17.7 Å². The highest BCUT2D eigenvalue weighted by Crippen LogP contribution is 2.16. The van der Waals surface area contributed by atoms with Crippen molar-refractivity contribution in [2.24, 2.45) is 5.92 Å². The Morgan fingerprint density at radius 1 is 0.852 bits per heavy atom. The summed E-state index contributed by atoms with van der Waals surface area (Å²) in [6.45, 7) is 5.42. The fraction of sp³-hybridized carbons (Fsp3) is 0.333. The topological polar surface area (TPSA) is 76.7 Å². The lowest BCUT2D eigenvalue weighted by Gasteiger charge is -2.09. The van der Waals surface area contributed by atoms with E-state index in [0.717, 1.165) is 5.75 Å². The zero-order chi connectivity index (χ0) is 19.6. The van der Waals surface area contributed by atoms with Crippen molar-refractivity contribution in [3.05, 3.63) is 59.7 Å². The van der Waals surface area contributed by atoms with E-state index in [1.807, 2.05) is 38.1 Å². The van der Waals surface area contributed by atoms with Crippen LogP contribution in [-0.2, 0) is 0 Å². The molecule has 2 N–H and O–H groups in total. The van der Waals surface area contributed by atoms with Gasteiger partial charge in [-0.25, -0.2) is 0 Å². The number of carbonyl (C=O) groups is 2. The zero-order valence-corrected chi connectivity index (χ0v) is 16.0. The molecule has 0 spiro atoms. The summed E-state index contributed by atoms with van der Waals surface area (Å²) in [6, 6.07) is 13.8. The average molecular weight is 370 g/mol. The first-order valence-corrected chi connectivity index (χ1v) is 8.93. The molecule has 0 aliphatic rings. The van der Waals surface area contributed by atoms with Crippen LogP contribution in [0.1, 0.15) is 34.6 Å². The van der Waals surface area contributed by atoms with E-state index in [9.17, 15) is 9.59 Å². The summed E-state index contributed by atoms with van der Waals surface area (Å²) in [7, 11) is 1.61. The summed E-state index contributed by atoms with van der Waals surface area (Å²) in [6.07, 6.45) is 0. The fourth-order valence-electron chi connectivity index (χ4n) is 2.28. The van der Waals surface area contributed by atoms with Crippen LogP contribution in [0.2, 0.25) is 0 Å². The third-order valence-corrected chi connectivity index (χ3v) is 3.80. The predicted molar refractivity (Wildman–Crippen MR) is 104 cm³/mol. The molecular weight excluding hydrogens is 344 g/mol. The molecule has 0 radical (unpaired) electrons. The van der Waals surface area contributed by atoms with Crippen LogP contribution in [0.5, 0.6) is 11.5 Å². The van der Waals surface area contributed by atoms with Gasteiger partial charge < -0.3 is 20.1 Å². The van der Waals surface area contributed by atoms with Gasteiger partial charge in [0.25, 0.3) is 11.8 Å². The highest BCUT2D eigenvalue weighted by atomic mass is 16.5. The maximum absolute atomic E-state index is 12.2. The second-order valence-electron chi connectivity index (χ2n) is 6.46. The van der Waals surface area contributed by atoms with E-state index >= 15 is 0 Å². The first-order chi connectivity index (χ1) is 13.0.